The second-order valence-corrected chi connectivity index (χ2v) is 6.51. The molecule has 0 amide bonds. The highest BCUT2D eigenvalue weighted by molar-refractivity contribution is 6.68. The van der Waals surface area contributed by atoms with Gasteiger partial charge in [0.15, 0.2) is 5.78 Å². The number of alkyl halides is 3. The molecule has 1 atom stereocenters. The molecule has 0 heterocycles. The van der Waals surface area contributed by atoms with Crippen LogP contribution in [0.4, 0.5) is 0 Å². The summed E-state index contributed by atoms with van der Waals surface area (Å²) in [6.45, 7) is 5.69. The number of carbonyl (C=O) groups excluding carboxylic acids is 1. The normalized spacial score (nSPS) is 27.1. The van der Waals surface area contributed by atoms with Gasteiger partial charge in [-0.15, -0.1) is 0 Å². The standard InChI is InChI=1S/C11H13Cl3O/c1-7(2)8-6-10(3,11(12,13)14)5-4-9(8)15/h4-7H,1-3H3. The van der Waals surface area contributed by atoms with E-state index in [1.807, 2.05) is 13.8 Å². The van der Waals surface area contributed by atoms with E-state index >= 15 is 0 Å². The Labute approximate surface area is 105 Å². The molecule has 0 radical (unpaired) electrons. The van der Waals surface area contributed by atoms with Crippen LogP contribution in [0.2, 0.25) is 0 Å². The Bertz CT molecular complexity index is 336. The number of rotatable bonds is 1. The van der Waals surface area contributed by atoms with Gasteiger partial charge in [0.25, 0.3) is 0 Å². The summed E-state index contributed by atoms with van der Waals surface area (Å²) in [4.78, 5) is 11.6. The summed E-state index contributed by atoms with van der Waals surface area (Å²) in [5.41, 5.74) is -0.0168. The Hall–Kier alpha value is 0.0200. The molecule has 1 unspecified atom stereocenters. The van der Waals surface area contributed by atoms with Crippen LogP contribution in [0.3, 0.4) is 0 Å². The molecule has 0 saturated carbocycles. The van der Waals surface area contributed by atoms with Gasteiger partial charge in [0, 0.05) is 0 Å². The minimum Gasteiger partial charge on any atom is -0.290 e. The van der Waals surface area contributed by atoms with Gasteiger partial charge >= 0.3 is 0 Å². The van der Waals surface area contributed by atoms with Crippen molar-refractivity contribution in [1.82, 2.24) is 0 Å². The fourth-order valence-electron chi connectivity index (χ4n) is 1.41. The Morgan fingerprint density at radius 1 is 1.33 bits per heavy atom. The van der Waals surface area contributed by atoms with Gasteiger partial charge in [0.2, 0.25) is 3.79 Å². The predicted molar refractivity (Wildman–Crippen MR) is 65.5 cm³/mol. The van der Waals surface area contributed by atoms with E-state index in [-0.39, 0.29) is 11.7 Å². The Balaban J connectivity index is 3.17. The molecule has 1 rings (SSSR count). The summed E-state index contributed by atoms with van der Waals surface area (Å²) in [5.74, 6) is 0.130. The molecular weight excluding hydrogens is 254 g/mol. The van der Waals surface area contributed by atoms with E-state index < -0.39 is 9.21 Å². The SMILES string of the molecule is CC(C)C1=CC(C)(C(Cl)(Cl)Cl)C=CC1=O. The third-order valence-corrected chi connectivity index (χ3v) is 3.78. The van der Waals surface area contributed by atoms with Gasteiger partial charge in [0.05, 0.1) is 5.41 Å². The third-order valence-electron chi connectivity index (χ3n) is 2.55. The van der Waals surface area contributed by atoms with Crippen molar-refractivity contribution in [3.8, 4) is 0 Å². The molecule has 84 valence electrons. The summed E-state index contributed by atoms with van der Waals surface area (Å²) in [7, 11) is 0. The highest BCUT2D eigenvalue weighted by Crippen LogP contribution is 2.48. The lowest BCUT2D eigenvalue weighted by Gasteiger charge is -2.33. The van der Waals surface area contributed by atoms with Crippen LogP contribution in [-0.2, 0) is 4.79 Å². The number of allylic oxidation sites excluding steroid dienone is 4. The lowest BCUT2D eigenvalue weighted by atomic mass is 9.81. The van der Waals surface area contributed by atoms with Crippen molar-refractivity contribution in [2.45, 2.75) is 24.6 Å². The van der Waals surface area contributed by atoms with Gasteiger partial charge in [-0.25, -0.2) is 0 Å². The van der Waals surface area contributed by atoms with E-state index in [0.29, 0.717) is 5.57 Å². The van der Waals surface area contributed by atoms with Crippen molar-refractivity contribution in [2.75, 3.05) is 0 Å². The first-order valence-corrected chi connectivity index (χ1v) is 5.84. The second-order valence-electron chi connectivity index (χ2n) is 4.23. The molecule has 1 aliphatic rings. The monoisotopic (exact) mass is 266 g/mol. The zero-order valence-electron chi connectivity index (χ0n) is 8.85. The maximum atomic E-state index is 11.6. The van der Waals surface area contributed by atoms with Crippen LogP contribution in [-0.4, -0.2) is 9.58 Å². The van der Waals surface area contributed by atoms with E-state index in [1.165, 1.54) is 6.08 Å². The van der Waals surface area contributed by atoms with Gasteiger partial charge < -0.3 is 0 Å². The fourth-order valence-corrected chi connectivity index (χ4v) is 1.77. The topological polar surface area (TPSA) is 17.1 Å². The van der Waals surface area contributed by atoms with Crippen LogP contribution in [0.1, 0.15) is 20.8 Å². The van der Waals surface area contributed by atoms with Crippen molar-refractivity contribution in [1.29, 1.82) is 0 Å². The largest absolute Gasteiger partial charge is 0.290 e. The average molecular weight is 268 g/mol. The quantitative estimate of drug-likeness (QED) is 0.654. The summed E-state index contributed by atoms with van der Waals surface area (Å²) in [5, 5.41) is 0. The zero-order chi connectivity index (χ0) is 11.9. The fraction of sp³-hybridized carbons (Fsp3) is 0.545. The first-order chi connectivity index (χ1) is 6.67. The number of halogens is 3. The minimum atomic E-state index is -1.44. The van der Waals surface area contributed by atoms with Gasteiger partial charge in [-0.1, -0.05) is 60.8 Å². The summed E-state index contributed by atoms with van der Waals surface area (Å²) >= 11 is 17.7. The minimum absolute atomic E-state index is 0.00303. The van der Waals surface area contributed by atoms with Crippen LogP contribution >= 0.6 is 34.8 Å². The molecule has 4 heteroatoms. The van der Waals surface area contributed by atoms with Crippen molar-refractivity contribution in [2.24, 2.45) is 11.3 Å². The third kappa shape index (κ3) is 2.58. The summed E-state index contributed by atoms with van der Waals surface area (Å²) in [6.07, 6.45) is 4.89. The first-order valence-electron chi connectivity index (χ1n) is 4.70. The maximum absolute atomic E-state index is 11.6. The number of ketones is 1. The molecule has 0 aliphatic heterocycles. The van der Waals surface area contributed by atoms with Crippen LogP contribution in [0.25, 0.3) is 0 Å². The average Bonchev–Trinajstić information content (AvgIpc) is 2.07. The molecule has 0 aromatic carbocycles. The highest BCUT2D eigenvalue weighted by Gasteiger charge is 2.43. The molecule has 0 bridgehead atoms. The molecule has 0 N–H and O–H groups in total. The van der Waals surface area contributed by atoms with Crippen molar-refractivity contribution in [3.05, 3.63) is 23.8 Å². The Morgan fingerprint density at radius 2 is 1.87 bits per heavy atom. The first kappa shape index (κ1) is 13.1. The summed E-state index contributed by atoms with van der Waals surface area (Å²) in [6, 6.07) is 0. The number of hydrogen-bond acceptors (Lipinski definition) is 1. The Kier molecular flexibility index (Phi) is 3.59. The summed E-state index contributed by atoms with van der Waals surface area (Å²) < 4.78 is -1.44. The molecule has 0 aromatic rings. The van der Waals surface area contributed by atoms with Crippen LogP contribution in [0.15, 0.2) is 23.8 Å². The van der Waals surface area contributed by atoms with E-state index in [9.17, 15) is 4.79 Å². The lowest BCUT2D eigenvalue weighted by molar-refractivity contribution is -0.112. The Morgan fingerprint density at radius 3 is 2.27 bits per heavy atom. The number of carbonyl (C=O) groups is 1. The van der Waals surface area contributed by atoms with Gasteiger partial charge in [0.1, 0.15) is 0 Å². The smallest absolute Gasteiger partial charge is 0.202 e. The van der Waals surface area contributed by atoms with Crippen molar-refractivity contribution in [3.63, 3.8) is 0 Å². The van der Waals surface area contributed by atoms with Gasteiger partial charge in [-0.2, -0.15) is 0 Å². The number of hydrogen-bond donors (Lipinski definition) is 0. The van der Waals surface area contributed by atoms with E-state index in [4.69, 9.17) is 34.8 Å². The van der Waals surface area contributed by atoms with Crippen LogP contribution in [0.5, 0.6) is 0 Å². The molecule has 1 nitrogen and oxygen atoms in total. The van der Waals surface area contributed by atoms with Crippen molar-refractivity contribution >= 4 is 40.6 Å². The molecule has 1 aliphatic carbocycles. The highest BCUT2D eigenvalue weighted by atomic mass is 35.6. The van der Waals surface area contributed by atoms with Crippen molar-refractivity contribution < 1.29 is 4.79 Å². The molecule has 0 fully saturated rings. The zero-order valence-corrected chi connectivity index (χ0v) is 11.1. The molecule has 0 spiro atoms. The predicted octanol–water partition coefficient (Wildman–Crippen LogP) is 4.08. The molecule has 0 aromatic heterocycles. The second kappa shape index (κ2) is 4.12. The molecular formula is C11H13Cl3O. The molecule has 15 heavy (non-hydrogen) atoms. The lowest BCUT2D eigenvalue weighted by Crippen LogP contribution is -2.32. The van der Waals surface area contributed by atoms with Gasteiger partial charge in [-0.05, 0) is 24.5 Å². The molecule has 0 saturated heterocycles. The van der Waals surface area contributed by atoms with Crippen LogP contribution in [0, 0.1) is 11.3 Å². The van der Waals surface area contributed by atoms with Crippen LogP contribution < -0.4 is 0 Å². The maximum Gasteiger partial charge on any atom is 0.202 e. The van der Waals surface area contributed by atoms with E-state index in [0.717, 1.165) is 0 Å². The van der Waals surface area contributed by atoms with E-state index in [1.54, 1.807) is 19.1 Å². The van der Waals surface area contributed by atoms with Gasteiger partial charge in [-0.3, -0.25) is 4.79 Å². The van der Waals surface area contributed by atoms with E-state index in [2.05, 4.69) is 0 Å².